The highest BCUT2D eigenvalue weighted by Gasteiger charge is 2.20. The van der Waals surface area contributed by atoms with Crippen molar-refractivity contribution in [1.29, 1.82) is 0 Å². The molecule has 0 spiro atoms. The van der Waals surface area contributed by atoms with Crippen LogP contribution in [0.2, 0.25) is 0 Å². The minimum Gasteiger partial charge on any atom is -0.477 e. The van der Waals surface area contributed by atoms with Crippen molar-refractivity contribution in [2.75, 3.05) is 20.2 Å². The van der Waals surface area contributed by atoms with Gasteiger partial charge in [0.2, 0.25) is 5.88 Å². The minimum atomic E-state index is -0.0633. The van der Waals surface area contributed by atoms with Gasteiger partial charge in [-0.3, -0.25) is 0 Å². The molecule has 1 aliphatic rings. The number of hydrogen-bond acceptors (Lipinski definition) is 6. The third-order valence-corrected chi connectivity index (χ3v) is 3.37. The summed E-state index contributed by atoms with van der Waals surface area (Å²) in [6.07, 6.45) is 6.38. The van der Waals surface area contributed by atoms with E-state index in [1.165, 1.54) is 31.8 Å². The molecule has 1 unspecified atom stereocenters. The van der Waals surface area contributed by atoms with Gasteiger partial charge < -0.3 is 20.6 Å². The van der Waals surface area contributed by atoms with Crippen molar-refractivity contribution in [3.63, 3.8) is 0 Å². The predicted octanol–water partition coefficient (Wildman–Crippen LogP) is 0.434. The number of likely N-dealkylation sites (tertiary alicyclic amines) is 1. The fourth-order valence-electron chi connectivity index (χ4n) is 2.22. The summed E-state index contributed by atoms with van der Waals surface area (Å²) in [5, 5.41) is 11.4. The molecule has 1 aromatic rings. The highest BCUT2D eigenvalue weighted by molar-refractivity contribution is 5.94. The quantitative estimate of drug-likeness (QED) is 0.347. The van der Waals surface area contributed by atoms with E-state index < -0.39 is 0 Å². The first-order valence-corrected chi connectivity index (χ1v) is 6.33. The van der Waals surface area contributed by atoms with Gasteiger partial charge in [-0.1, -0.05) is 5.16 Å². The summed E-state index contributed by atoms with van der Waals surface area (Å²) in [6.45, 7) is 1.78. The van der Waals surface area contributed by atoms with E-state index >= 15 is 0 Å². The maximum atomic E-state index is 8.50. The Morgan fingerprint density at radius 3 is 3.00 bits per heavy atom. The van der Waals surface area contributed by atoms with Gasteiger partial charge in [-0.2, -0.15) is 0 Å². The standard InChI is InChI=1S/C12H19N5O2/c1-17-5-2-3-9(17)4-6-19-11-8-14-10(7-15-11)12(13)16-18/h7-9,18H,2-6H2,1H3,(H2,13,16). The van der Waals surface area contributed by atoms with Crippen LogP contribution >= 0.6 is 0 Å². The first kappa shape index (κ1) is 13.5. The Balaban J connectivity index is 1.80. The lowest BCUT2D eigenvalue weighted by molar-refractivity contribution is 0.228. The van der Waals surface area contributed by atoms with Gasteiger partial charge in [-0.25, -0.2) is 9.97 Å². The smallest absolute Gasteiger partial charge is 0.232 e. The first-order chi connectivity index (χ1) is 9.20. The third kappa shape index (κ3) is 3.54. The van der Waals surface area contributed by atoms with Crippen LogP contribution in [0.1, 0.15) is 25.0 Å². The van der Waals surface area contributed by atoms with E-state index in [9.17, 15) is 0 Å². The van der Waals surface area contributed by atoms with E-state index in [-0.39, 0.29) is 5.84 Å². The van der Waals surface area contributed by atoms with Crippen LogP contribution in [0.25, 0.3) is 0 Å². The van der Waals surface area contributed by atoms with Gasteiger partial charge in [0.25, 0.3) is 0 Å². The molecule has 0 bridgehead atoms. The predicted molar refractivity (Wildman–Crippen MR) is 70.3 cm³/mol. The van der Waals surface area contributed by atoms with Crippen LogP contribution in [0.5, 0.6) is 5.88 Å². The fraction of sp³-hybridized carbons (Fsp3) is 0.583. The molecule has 2 rings (SSSR count). The molecule has 104 valence electrons. The molecule has 19 heavy (non-hydrogen) atoms. The largest absolute Gasteiger partial charge is 0.477 e. The number of amidine groups is 1. The van der Waals surface area contributed by atoms with Crippen molar-refractivity contribution in [3.8, 4) is 5.88 Å². The molecule has 1 aliphatic heterocycles. The molecule has 7 nitrogen and oxygen atoms in total. The number of hydrogen-bond donors (Lipinski definition) is 2. The molecule has 2 heterocycles. The SMILES string of the molecule is CN1CCCC1CCOc1cnc(C(N)=NO)cn1. The van der Waals surface area contributed by atoms with Crippen molar-refractivity contribution in [1.82, 2.24) is 14.9 Å². The summed E-state index contributed by atoms with van der Waals surface area (Å²) < 4.78 is 5.54. The molecule has 0 saturated carbocycles. The van der Waals surface area contributed by atoms with Crippen molar-refractivity contribution >= 4 is 5.84 Å². The zero-order chi connectivity index (χ0) is 13.7. The van der Waals surface area contributed by atoms with E-state index in [1.807, 2.05) is 0 Å². The molecule has 1 saturated heterocycles. The average Bonchev–Trinajstić information content (AvgIpc) is 2.84. The molecular formula is C12H19N5O2. The van der Waals surface area contributed by atoms with Crippen LogP contribution in [0.4, 0.5) is 0 Å². The molecule has 1 aromatic heterocycles. The van der Waals surface area contributed by atoms with Crippen LogP contribution in [-0.4, -0.2) is 52.2 Å². The average molecular weight is 265 g/mol. The molecule has 1 fully saturated rings. The van der Waals surface area contributed by atoms with E-state index in [0.717, 1.165) is 6.42 Å². The van der Waals surface area contributed by atoms with E-state index in [2.05, 4.69) is 27.1 Å². The fourth-order valence-corrected chi connectivity index (χ4v) is 2.22. The van der Waals surface area contributed by atoms with Crippen LogP contribution in [0, 0.1) is 0 Å². The van der Waals surface area contributed by atoms with Gasteiger partial charge in [0.1, 0.15) is 5.69 Å². The minimum absolute atomic E-state index is 0.0633. The number of nitrogens with two attached hydrogens (primary N) is 1. The van der Waals surface area contributed by atoms with Crippen LogP contribution in [0.15, 0.2) is 17.5 Å². The van der Waals surface area contributed by atoms with Crippen molar-refractivity contribution in [3.05, 3.63) is 18.1 Å². The highest BCUT2D eigenvalue weighted by Crippen LogP contribution is 2.17. The molecule has 0 radical (unpaired) electrons. The first-order valence-electron chi connectivity index (χ1n) is 6.33. The number of ether oxygens (including phenoxy) is 1. The van der Waals surface area contributed by atoms with E-state index in [1.54, 1.807) is 0 Å². The summed E-state index contributed by atoms with van der Waals surface area (Å²) in [5.41, 5.74) is 5.72. The molecule has 1 atom stereocenters. The van der Waals surface area contributed by atoms with Crippen molar-refractivity contribution < 1.29 is 9.94 Å². The van der Waals surface area contributed by atoms with Crippen LogP contribution < -0.4 is 10.5 Å². The van der Waals surface area contributed by atoms with Gasteiger partial charge in [-0.05, 0) is 32.9 Å². The molecule has 0 aliphatic carbocycles. The van der Waals surface area contributed by atoms with Gasteiger partial charge in [0.05, 0.1) is 19.0 Å². The maximum absolute atomic E-state index is 8.50. The normalized spacial score (nSPS) is 20.7. The lowest BCUT2D eigenvalue weighted by Gasteiger charge is -2.18. The number of nitrogens with zero attached hydrogens (tertiary/aromatic N) is 4. The van der Waals surface area contributed by atoms with Crippen molar-refractivity contribution in [2.45, 2.75) is 25.3 Å². The van der Waals surface area contributed by atoms with Crippen LogP contribution in [0.3, 0.4) is 0 Å². The second kappa shape index (κ2) is 6.33. The second-order valence-electron chi connectivity index (χ2n) is 4.64. The molecule has 0 aromatic carbocycles. The van der Waals surface area contributed by atoms with Crippen molar-refractivity contribution in [2.24, 2.45) is 10.9 Å². The summed E-state index contributed by atoms with van der Waals surface area (Å²) in [6, 6.07) is 0.601. The second-order valence-corrected chi connectivity index (χ2v) is 4.64. The Bertz CT molecular complexity index is 434. The summed E-state index contributed by atoms with van der Waals surface area (Å²) >= 11 is 0. The highest BCUT2D eigenvalue weighted by atomic mass is 16.5. The van der Waals surface area contributed by atoms with Gasteiger partial charge in [0, 0.05) is 6.04 Å². The Morgan fingerprint density at radius 2 is 2.42 bits per heavy atom. The zero-order valence-corrected chi connectivity index (χ0v) is 11.0. The van der Waals surface area contributed by atoms with E-state index in [0.29, 0.717) is 24.2 Å². The number of aromatic nitrogens is 2. The Kier molecular flexibility index (Phi) is 4.51. The Morgan fingerprint density at radius 1 is 1.58 bits per heavy atom. The summed E-state index contributed by atoms with van der Waals surface area (Å²) in [5.74, 6) is 0.391. The molecule has 7 heteroatoms. The van der Waals surface area contributed by atoms with Gasteiger partial charge in [0.15, 0.2) is 5.84 Å². The van der Waals surface area contributed by atoms with Gasteiger partial charge >= 0.3 is 0 Å². The van der Waals surface area contributed by atoms with E-state index in [4.69, 9.17) is 15.7 Å². The lowest BCUT2D eigenvalue weighted by Crippen LogP contribution is -2.26. The summed E-state index contributed by atoms with van der Waals surface area (Å²) in [7, 11) is 2.14. The number of rotatable bonds is 5. The molecular weight excluding hydrogens is 246 g/mol. The monoisotopic (exact) mass is 265 g/mol. The third-order valence-electron chi connectivity index (χ3n) is 3.37. The molecule has 0 amide bonds. The zero-order valence-electron chi connectivity index (χ0n) is 11.0. The van der Waals surface area contributed by atoms with Crippen LogP contribution in [-0.2, 0) is 0 Å². The topological polar surface area (TPSA) is 96.9 Å². The Hall–Kier alpha value is -1.89. The lowest BCUT2D eigenvalue weighted by atomic mass is 10.1. The number of oxime groups is 1. The summed E-state index contributed by atoms with van der Waals surface area (Å²) in [4.78, 5) is 10.4. The molecule has 3 N–H and O–H groups in total. The van der Waals surface area contributed by atoms with Gasteiger partial charge in [-0.15, -0.1) is 0 Å². The maximum Gasteiger partial charge on any atom is 0.232 e. The Labute approximate surface area is 112 Å².